The van der Waals surface area contributed by atoms with E-state index in [-0.39, 0.29) is 30.6 Å². The lowest BCUT2D eigenvalue weighted by Gasteiger charge is -2.34. The molecule has 39 heavy (non-hydrogen) atoms. The van der Waals surface area contributed by atoms with E-state index in [1.165, 1.54) is 18.9 Å². The Kier molecular flexibility index (Phi) is 6.90. The summed E-state index contributed by atoms with van der Waals surface area (Å²) in [6.45, 7) is 4.53. The van der Waals surface area contributed by atoms with Gasteiger partial charge in [0, 0.05) is 68.0 Å². The molecule has 1 saturated carbocycles. The van der Waals surface area contributed by atoms with Gasteiger partial charge in [-0.05, 0) is 49.1 Å². The van der Waals surface area contributed by atoms with Crippen molar-refractivity contribution in [3.05, 3.63) is 70.1 Å². The molecule has 0 bridgehead atoms. The van der Waals surface area contributed by atoms with Crippen LogP contribution in [0.25, 0.3) is 0 Å². The zero-order valence-corrected chi connectivity index (χ0v) is 22.5. The van der Waals surface area contributed by atoms with E-state index in [0.29, 0.717) is 35.1 Å². The highest BCUT2D eigenvalue weighted by molar-refractivity contribution is 6.31. The summed E-state index contributed by atoms with van der Waals surface area (Å²) in [4.78, 5) is 32.1. The summed E-state index contributed by atoms with van der Waals surface area (Å²) in [7, 11) is 1.81. The van der Waals surface area contributed by atoms with Gasteiger partial charge in [0.15, 0.2) is 0 Å². The van der Waals surface area contributed by atoms with Crippen LogP contribution in [0.15, 0.2) is 42.6 Å². The van der Waals surface area contributed by atoms with Crippen molar-refractivity contribution in [2.75, 3.05) is 42.9 Å². The van der Waals surface area contributed by atoms with Gasteiger partial charge in [-0.3, -0.25) is 14.4 Å². The molecule has 0 radical (unpaired) electrons. The number of piperazine rings is 1. The molecule has 2 fully saturated rings. The molecule has 1 aliphatic carbocycles. The first-order valence-electron chi connectivity index (χ1n) is 13.3. The molecule has 0 spiro atoms. The predicted octanol–water partition coefficient (Wildman–Crippen LogP) is 4.35. The fraction of sp³-hybridized carbons (Fsp3) is 0.393. The van der Waals surface area contributed by atoms with Gasteiger partial charge in [0.1, 0.15) is 11.6 Å². The fourth-order valence-corrected chi connectivity index (χ4v) is 5.40. The summed E-state index contributed by atoms with van der Waals surface area (Å²) in [5.74, 6) is 0.702. The average molecular weight is 552 g/mol. The normalized spacial score (nSPS) is 17.2. The Morgan fingerprint density at radius 2 is 1.92 bits per heavy atom. The number of nitrogens with one attached hydrogen (secondary N) is 2. The molecule has 2 N–H and O–H groups in total. The third-order valence-corrected chi connectivity index (χ3v) is 7.93. The summed E-state index contributed by atoms with van der Waals surface area (Å²) < 4.78 is 16.8. The first-order valence-corrected chi connectivity index (χ1v) is 13.7. The van der Waals surface area contributed by atoms with Crippen molar-refractivity contribution >= 4 is 40.7 Å². The second-order valence-electron chi connectivity index (χ2n) is 10.5. The summed E-state index contributed by atoms with van der Waals surface area (Å²) in [6, 6.07) is 9.44. The smallest absolute Gasteiger partial charge is 0.317 e. The highest BCUT2D eigenvalue weighted by Gasteiger charge is 2.29. The van der Waals surface area contributed by atoms with Crippen molar-refractivity contribution in [1.82, 2.24) is 24.9 Å². The molecule has 3 amide bonds. The maximum atomic E-state index is 15.1. The Balaban J connectivity index is 1.13. The van der Waals surface area contributed by atoms with E-state index in [1.54, 1.807) is 51.0 Å². The Hall–Kier alpha value is -3.63. The number of halogens is 2. The van der Waals surface area contributed by atoms with Crippen LogP contribution in [0, 0.1) is 11.7 Å². The van der Waals surface area contributed by atoms with Gasteiger partial charge in [0.05, 0.1) is 24.1 Å². The lowest BCUT2D eigenvalue weighted by Crippen LogP contribution is -2.51. The number of anilines is 3. The lowest BCUT2D eigenvalue weighted by atomic mass is 10.1. The largest absolute Gasteiger partial charge is 0.338 e. The third-order valence-electron chi connectivity index (χ3n) is 7.69. The Morgan fingerprint density at radius 1 is 1.13 bits per heavy atom. The highest BCUT2D eigenvalue weighted by atomic mass is 35.5. The molecular weight excluding hydrogens is 521 g/mol. The number of urea groups is 1. The predicted molar refractivity (Wildman–Crippen MR) is 148 cm³/mol. The van der Waals surface area contributed by atoms with Gasteiger partial charge in [-0.2, -0.15) is 5.10 Å². The number of rotatable bonds is 5. The molecule has 204 valence electrons. The summed E-state index contributed by atoms with van der Waals surface area (Å²) in [5, 5.41) is 11.0. The summed E-state index contributed by atoms with van der Waals surface area (Å²) in [6.07, 6.45) is 4.34. The van der Waals surface area contributed by atoms with Gasteiger partial charge in [0.25, 0.3) is 5.91 Å². The minimum atomic E-state index is -0.540. The van der Waals surface area contributed by atoms with Crippen molar-refractivity contribution in [3.8, 4) is 0 Å². The zero-order valence-electron chi connectivity index (χ0n) is 21.8. The van der Waals surface area contributed by atoms with Crippen LogP contribution in [0.3, 0.4) is 0 Å². The second-order valence-corrected chi connectivity index (χ2v) is 11.0. The molecule has 0 unspecified atom stereocenters. The minimum Gasteiger partial charge on any atom is -0.338 e. The molecule has 3 aliphatic rings. The molecule has 3 aromatic rings. The van der Waals surface area contributed by atoms with Crippen LogP contribution in [-0.4, -0.2) is 64.2 Å². The Labute approximate surface area is 231 Å². The fourth-order valence-electron chi connectivity index (χ4n) is 5.23. The second kappa shape index (κ2) is 10.5. The van der Waals surface area contributed by atoms with Crippen LogP contribution in [0.5, 0.6) is 0 Å². The van der Waals surface area contributed by atoms with Gasteiger partial charge >= 0.3 is 6.03 Å². The maximum absolute atomic E-state index is 15.1. The standard InChI is InChI=1S/C28H31ClFN7O2/c1-34-26-21(15-32-34)17-37(25-7-6-22(29)13-24(25)33-26)27(38)19-4-5-20(23(30)12-19)14-31-28(39)36-10-8-35(9-11-36)16-18-2-3-18/h4-7,12-13,15,18,33H,2-3,8-11,14,16-17H2,1H3,(H,31,39). The van der Waals surface area contributed by atoms with Gasteiger partial charge in [-0.15, -0.1) is 0 Å². The molecule has 1 saturated heterocycles. The first-order chi connectivity index (χ1) is 18.9. The summed E-state index contributed by atoms with van der Waals surface area (Å²) >= 11 is 6.23. The van der Waals surface area contributed by atoms with Crippen LogP contribution in [0.4, 0.5) is 26.4 Å². The minimum absolute atomic E-state index is 0.0510. The molecule has 11 heteroatoms. The van der Waals surface area contributed by atoms with E-state index < -0.39 is 5.82 Å². The van der Waals surface area contributed by atoms with Crippen molar-refractivity contribution < 1.29 is 14.0 Å². The van der Waals surface area contributed by atoms with Crippen LogP contribution >= 0.6 is 11.6 Å². The van der Waals surface area contributed by atoms with E-state index in [4.69, 9.17) is 11.6 Å². The number of carbonyl (C=O) groups excluding carboxylic acids is 2. The number of amides is 3. The highest BCUT2D eigenvalue weighted by Crippen LogP contribution is 2.38. The summed E-state index contributed by atoms with van der Waals surface area (Å²) in [5.41, 5.74) is 2.65. The molecule has 6 rings (SSSR count). The van der Waals surface area contributed by atoms with Gasteiger partial charge in [-0.25, -0.2) is 9.18 Å². The molecule has 9 nitrogen and oxygen atoms in total. The SMILES string of the molecule is Cn1ncc2c1Nc1cc(Cl)ccc1N(C(=O)c1ccc(CNC(=O)N3CCN(CC4CC4)CC3)c(F)c1)C2. The van der Waals surface area contributed by atoms with Gasteiger partial charge < -0.3 is 20.4 Å². The van der Waals surface area contributed by atoms with Gasteiger partial charge in [-0.1, -0.05) is 17.7 Å². The van der Waals surface area contributed by atoms with Crippen molar-refractivity contribution in [3.63, 3.8) is 0 Å². The van der Waals surface area contributed by atoms with Crippen molar-refractivity contribution in [2.45, 2.75) is 25.9 Å². The van der Waals surface area contributed by atoms with Crippen LogP contribution in [-0.2, 0) is 20.1 Å². The van der Waals surface area contributed by atoms with Gasteiger partial charge in [0.2, 0.25) is 0 Å². The molecule has 0 atom stereocenters. The van der Waals surface area contributed by atoms with Crippen LogP contribution in [0.2, 0.25) is 5.02 Å². The number of fused-ring (bicyclic) bond motifs is 2. The number of aromatic nitrogens is 2. The number of nitrogens with zero attached hydrogens (tertiary/aromatic N) is 5. The molecule has 2 aliphatic heterocycles. The number of benzene rings is 2. The van der Waals surface area contributed by atoms with Crippen LogP contribution < -0.4 is 15.5 Å². The number of aryl methyl sites for hydroxylation is 1. The lowest BCUT2D eigenvalue weighted by molar-refractivity contribution is 0.0985. The molecular formula is C28H31ClFN7O2. The Morgan fingerprint density at radius 3 is 2.67 bits per heavy atom. The molecule has 1 aromatic heterocycles. The molecule has 2 aromatic carbocycles. The first kappa shape index (κ1) is 25.6. The quantitative estimate of drug-likeness (QED) is 0.492. The van der Waals surface area contributed by atoms with Crippen molar-refractivity contribution in [2.24, 2.45) is 13.0 Å². The van der Waals surface area contributed by atoms with E-state index in [2.05, 4.69) is 20.6 Å². The third kappa shape index (κ3) is 5.44. The van der Waals surface area contributed by atoms with E-state index in [9.17, 15) is 9.59 Å². The average Bonchev–Trinajstić information content (AvgIpc) is 3.71. The van der Waals surface area contributed by atoms with Crippen molar-refractivity contribution in [1.29, 1.82) is 0 Å². The van der Waals surface area contributed by atoms with E-state index in [1.807, 2.05) is 7.05 Å². The van der Waals surface area contributed by atoms with E-state index in [0.717, 1.165) is 36.9 Å². The number of hydrogen-bond donors (Lipinski definition) is 2. The Bertz CT molecular complexity index is 1410. The van der Waals surface area contributed by atoms with Crippen LogP contribution in [0.1, 0.15) is 34.3 Å². The van der Waals surface area contributed by atoms with E-state index >= 15 is 4.39 Å². The molecule has 3 heterocycles. The zero-order chi connectivity index (χ0) is 27.1. The maximum Gasteiger partial charge on any atom is 0.317 e. The topological polar surface area (TPSA) is 85.7 Å². The number of hydrogen-bond acceptors (Lipinski definition) is 5. The monoisotopic (exact) mass is 551 g/mol. The number of carbonyl (C=O) groups is 2.